The van der Waals surface area contributed by atoms with Crippen LogP contribution in [0.5, 0.6) is 0 Å². The van der Waals surface area contributed by atoms with Gasteiger partial charge in [0.1, 0.15) is 0 Å². The fourth-order valence-corrected chi connectivity index (χ4v) is 3.15. The van der Waals surface area contributed by atoms with E-state index in [9.17, 15) is 4.79 Å². The Balaban J connectivity index is 2.06. The second kappa shape index (κ2) is 5.36. The molecule has 2 N–H and O–H groups in total. The maximum absolute atomic E-state index is 12.3. The van der Waals surface area contributed by atoms with E-state index >= 15 is 0 Å². The first-order valence-corrected chi connectivity index (χ1v) is 7.47. The van der Waals surface area contributed by atoms with Crippen LogP contribution in [0.15, 0.2) is 5.38 Å². The lowest BCUT2D eigenvalue weighted by Gasteiger charge is -2.25. The Labute approximate surface area is 112 Å². The van der Waals surface area contributed by atoms with Gasteiger partial charge in [0.2, 0.25) is 5.91 Å². The van der Waals surface area contributed by atoms with Crippen molar-refractivity contribution in [3.05, 3.63) is 11.1 Å². The molecule has 4 nitrogen and oxygen atoms in total. The highest BCUT2D eigenvalue weighted by molar-refractivity contribution is 7.13. The summed E-state index contributed by atoms with van der Waals surface area (Å²) in [7, 11) is 0. The number of thiazole rings is 1. The zero-order valence-corrected chi connectivity index (χ0v) is 12.1. The predicted octanol–water partition coefficient (Wildman–Crippen LogP) is 2.74. The molecule has 0 saturated carbocycles. The Kier molecular flexibility index (Phi) is 4.02. The second-order valence-electron chi connectivity index (χ2n) is 5.15. The zero-order chi connectivity index (χ0) is 13.2. The molecule has 2 rings (SSSR count). The fraction of sp³-hybridized carbons (Fsp3) is 0.692. The van der Waals surface area contributed by atoms with E-state index in [1.54, 1.807) is 0 Å². The van der Waals surface area contributed by atoms with Gasteiger partial charge in [-0.25, -0.2) is 4.98 Å². The number of aromatic nitrogens is 1. The highest BCUT2D eigenvalue weighted by Gasteiger charge is 2.39. The number of hydrogen-bond acceptors (Lipinski definition) is 4. The number of carbonyl (C=O) groups excluding carboxylic acids is 1. The maximum atomic E-state index is 12.3. The molecule has 0 radical (unpaired) electrons. The lowest BCUT2D eigenvalue weighted by molar-refractivity contribution is -0.122. The van der Waals surface area contributed by atoms with E-state index in [-0.39, 0.29) is 11.4 Å². The summed E-state index contributed by atoms with van der Waals surface area (Å²) >= 11 is 1.50. The van der Waals surface area contributed by atoms with E-state index in [1.807, 2.05) is 5.38 Å². The third-order valence-corrected chi connectivity index (χ3v) is 4.39. The number of carbonyl (C=O) groups is 1. The lowest BCUT2D eigenvalue weighted by Crippen LogP contribution is -2.50. The van der Waals surface area contributed by atoms with Crippen LogP contribution in [0.25, 0.3) is 0 Å². The highest BCUT2D eigenvalue weighted by Crippen LogP contribution is 2.27. The highest BCUT2D eigenvalue weighted by atomic mass is 32.1. The van der Waals surface area contributed by atoms with Gasteiger partial charge in [0, 0.05) is 5.38 Å². The first kappa shape index (κ1) is 13.5. The summed E-state index contributed by atoms with van der Waals surface area (Å²) in [6.45, 7) is 7.19. The van der Waals surface area contributed by atoms with Crippen molar-refractivity contribution >= 4 is 22.4 Å². The summed E-state index contributed by atoms with van der Waals surface area (Å²) in [5.74, 6) is 0.462. The molecule has 1 fully saturated rings. The minimum absolute atomic E-state index is 0.0622. The van der Waals surface area contributed by atoms with E-state index in [4.69, 9.17) is 0 Å². The molecule has 1 amide bonds. The molecule has 1 atom stereocenters. The molecule has 1 aromatic rings. The number of nitrogens with zero attached hydrogens (tertiary/aromatic N) is 1. The quantitative estimate of drug-likeness (QED) is 0.882. The van der Waals surface area contributed by atoms with Crippen LogP contribution < -0.4 is 10.6 Å². The molecule has 0 spiro atoms. The summed E-state index contributed by atoms with van der Waals surface area (Å²) in [5, 5.41) is 9.02. The van der Waals surface area contributed by atoms with Crippen LogP contribution in [0.3, 0.4) is 0 Å². The normalized spacial score (nSPS) is 23.6. The van der Waals surface area contributed by atoms with Gasteiger partial charge in [0.25, 0.3) is 0 Å². The Morgan fingerprint density at radius 3 is 2.94 bits per heavy atom. The van der Waals surface area contributed by atoms with E-state index in [1.165, 1.54) is 11.3 Å². The number of hydrogen-bond donors (Lipinski definition) is 2. The van der Waals surface area contributed by atoms with Crippen LogP contribution in [0.2, 0.25) is 0 Å². The summed E-state index contributed by atoms with van der Waals surface area (Å²) < 4.78 is 0. The van der Waals surface area contributed by atoms with Gasteiger partial charge in [0.15, 0.2) is 5.13 Å². The summed E-state index contributed by atoms with van der Waals surface area (Å²) in [6.07, 6.45) is 2.80. The minimum atomic E-state index is -0.385. The Morgan fingerprint density at radius 2 is 2.44 bits per heavy atom. The third-order valence-electron chi connectivity index (χ3n) is 3.62. The zero-order valence-electron chi connectivity index (χ0n) is 11.2. The van der Waals surface area contributed by atoms with Gasteiger partial charge in [-0.15, -0.1) is 11.3 Å². The topological polar surface area (TPSA) is 54.0 Å². The largest absolute Gasteiger partial charge is 0.303 e. The SMILES string of the molecule is CCC1(C(=O)Nc2nc(C(C)C)cs2)CCCN1. The third kappa shape index (κ3) is 2.57. The van der Waals surface area contributed by atoms with Gasteiger partial charge < -0.3 is 10.6 Å². The maximum Gasteiger partial charge on any atom is 0.246 e. The number of amides is 1. The molecule has 1 aliphatic heterocycles. The van der Waals surface area contributed by atoms with Gasteiger partial charge >= 0.3 is 0 Å². The second-order valence-corrected chi connectivity index (χ2v) is 6.01. The number of anilines is 1. The van der Waals surface area contributed by atoms with Crippen molar-refractivity contribution in [2.24, 2.45) is 0 Å². The van der Waals surface area contributed by atoms with Gasteiger partial charge in [0.05, 0.1) is 11.2 Å². The van der Waals surface area contributed by atoms with Crippen LogP contribution >= 0.6 is 11.3 Å². The minimum Gasteiger partial charge on any atom is -0.303 e. The molecule has 0 bridgehead atoms. The fourth-order valence-electron chi connectivity index (χ4n) is 2.29. The number of nitrogens with one attached hydrogen (secondary N) is 2. The van der Waals surface area contributed by atoms with Crippen molar-refractivity contribution in [3.63, 3.8) is 0 Å². The predicted molar refractivity (Wildman–Crippen MR) is 75.1 cm³/mol. The molecule has 1 saturated heterocycles. The van der Waals surface area contributed by atoms with E-state index < -0.39 is 0 Å². The molecule has 1 unspecified atom stereocenters. The molecule has 100 valence electrons. The molecule has 2 heterocycles. The van der Waals surface area contributed by atoms with Crippen LogP contribution in [0.1, 0.15) is 51.6 Å². The smallest absolute Gasteiger partial charge is 0.246 e. The van der Waals surface area contributed by atoms with Crippen molar-refractivity contribution in [1.29, 1.82) is 0 Å². The van der Waals surface area contributed by atoms with E-state index in [0.717, 1.165) is 31.5 Å². The average Bonchev–Trinajstić information content (AvgIpc) is 2.97. The van der Waals surface area contributed by atoms with Gasteiger partial charge in [-0.3, -0.25) is 4.79 Å². The lowest BCUT2D eigenvalue weighted by atomic mass is 9.93. The molecule has 18 heavy (non-hydrogen) atoms. The average molecular weight is 267 g/mol. The van der Waals surface area contributed by atoms with Crippen molar-refractivity contribution in [1.82, 2.24) is 10.3 Å². The van der Waals surface area contributed by atoms with Crippen molar-refractivity contribution < 1.29 is 4.79 Å². The first-order valence-electron chi connectivity index (χ1n) is 6.59. The van der Waals surface area contributed by atoms with Gasteiger partial charge in [-0.05, 0) is 31.7 Å². The van der Waals surface area contributed by atoms with Crippen molar-refractivity contribution in [3.8, 4) is 0 Å². The molecule has 0 aliphatic carbocycles. The van der Waals surface area contributed by atoms with Crippen molar-refractivity contribution in [2.75, 3.05) is 11.9 Å². The molecule has 1 aromatic heterocycles. The van der Waals surface area contributed by atoms with Crippen LogP contribution in [-0.2, 0) is 4.79 Å². The summed E-state index contributed by atoms with van der Waals surface area (Å²) in [6, 6.07) is 0. The van der Waals surface area contributed by atoms with Gasteiger partial charge in [-0.2, -0.15) is 0 Å². The summed E-state index contributed by atoms with van der Waals surface area (Å²) in [4.78, 5) is 16.8. The number of rotatable bonds is 4. The monoisotopic (exact) mass is 267 g/mol. The van der Waals surface area contributed by atoms with Crippen molar-refractivity contribution in [2.45, 2.75) is 51.5 Å². The molecule has 0 aromatic carbocycles. The van der Waals surface area contributed by atoms with Gasteiger partial charge in [-0.1, -0.05) is 20.8 Å². The molecule has 1 aliphatic rings. The first-order chi connectivity index (χ1) is 8.57. The Hall–Kier alpha value is -0.940. The van der Waals surface area contributed by atoms with Crippen LogP contribution in [0.4, 0.5) is 5.13 Å². The molecule has 5 heteroatoms. The molecular weight excluding hydrogens is 246 g/mol. The molecular formula is C13H21N3OS. The van der Waals surface area contributed by atoms with Crippen LogP contribution in [-0.4, -0.2) is 23.0 Å². The Morgan fingerprint density at radius 1 is 1.67 bits per heavy atom. The van der Waals surface area contributed by atoms with Crippen LogP contribution in [0, 0.1) is 0 Å². The van der Waals surface area contributed by atoms with E-state index in [2.05, 4.69) is 36.4 Å². The standard InChI is InChI=1S/C13H21N3OS/c1-4-13(6-5-7-14-13)11(17)16-12-15-10(8-18-12)9(2)3/h8-9,14H,4-7H2,1-3H3,(H,15,16,17). The summed E-state index contributed by atoms with van der Waals surface area (Å²) in [5.41, 5.74) is 0.657. The Bertz CT molecular complexity index is 422. The van der Waals surface area contributed by atoms with E-state index in [0.29, 0.717) is 11.0 Å².